The van der Waals surface area contributed by atoms with Crippen LogP contribution in [0.3, 0.4) is 0 Å². The third-order valence-electron chi connectivity index (χ3n) is 2.24. The molecule has 0 aromatic heterocycles. The highest BCUT2D eigenvalue weighted by molar-refractivity contribution is 4.83. The van der Waals surface area contributed by atoms with E-state index in [0.717, 1.165) is 12.8 Å². The van der Waals surface area contributed by atoms with E-state index in [1.54, 1.807) is 0 Å². The van der Waals surface area contributed by atoms with Gasteiger partial charge in [-0.1, -0.05) is 6.08 Å². The molecule has 10 heavy (non-hydrogen) atoms. The summed E-state index contributed by atoms with van der Waals surface area (Å²) >= 11 is 0. The van der Waals surface area contributed by atoms with Crippen LogP contribution in [0.1, 0.15) is 25.7 Å². The van der Waals surface area contributed by atoms with E-state index in [2.05, 4.69) is 6.58 Å². The molecule has 0 amide bonds. The molecule has 0 atom stereocenters. The Morgan fingerprint density at radius 3 is 2.30 bits per heavy atom. The number of hydrogen-bond donors (Lipinski definition) is 1. The molecule has 2 N–H and O–H groups in total. The van der Waals surface area contributed by atoms with Crippen LogP contribution in [0.2, 0.25) is 0 Å². The van der Waals surface area contributed by atoms with Crippen LogP contribution >= 0.6 is 0 Å². The van der Waals surface area contributed by atoms with Gasteiger partial charge >= 0.3 is 0 Å². The SMILES string of the molecule is C=CC1CCC(ON)CC1. The highest BCUT2D eigenvalue weighted by Crippen LogP contribution is 2.25. The summed E-state index contributed by atoms with van der Waals surface area (Å²) in [5, 5.41) is 0. The Bertz CT molecular complexity index is 106. The van der Waals surface area contributed by atoms with Crippen molar-refractivity contribution in [2.24, 2.45) is 11.8 Å². The fourth-order valence-electron chi connectivity index (χ4n) is 1.46. The second-order valence-electron chi connectivity index (χ2n) is 2.91. The summed E-state index contributed by atoms with van der Waals surface area (Å²) in [5.41, 5.74) is 0. The fourth-order valence-corrected chi connectivity index (χ4v) is 1.46. The lowest BCUT2D eigenvalue weighted by atomic mass is 9.88. The fraction of sp³-hybridized carbons (Fsp3) is 0.750. The highest BCUT2D eigenvalue weighted by atomic mass is 16.6. The van der Waals surface area contributed by atoms with E-state index in [9.17, 15) is 0 Å². The van der Waals surface area contributed by atoms with Crippen molar-refractivity contribution in [3.8, 4) is 0 Å². The minimum Gasteiger partial charge on any atom is -0.301 e. The first-order chi connectivity index (χ1) is 4.86. The van der Waals surface area contributed by atoms with Crippen molar-refractivity contribution in [2.75, 3.05) is 0 Å². The van der Waals surface area contributed by atoms with E-state index >= 15 is 0 Å². The third-order valence-corrected chi connectivity index (χ3v) is 2.24. The van der Waals surface area contributed by atoms with Gasteiger partial charge in [-0.15, -0.1) is 6.58 Å². The molecule has 0 aliphatic heterocycles. The van der Waals surface area contributed by atoms with E-state index in [0.29, 0.717) is 12.0 Å². The van der Waals surface area contributed by atoms with Gasteiger partial charge < -0.3 is 4.84 Å². The molecule has 0 aromatic rings. The molecular weight excluding hydrogens is 126 g/mol. The molecule has 0 radical (unpaired) electrons. The summed E-state index contributed by atoms with van der Waals surface area (Å²) in [4.78, 5) is 4.75. The predicted molar refractivity (Wildman–Crippen MR) is 41.2 cm³/mol. The van der Waals surface area contributed by atoms with Crippen LogP contribution < -0.4 is 5.90 Å². The van der Waals surface area contributed by atoms with Crippen molar-refractivity contribution in [3.63, 3.8) is 0 Å². The third kappa shape index (κ3) is 1.82. The average Bonchev–Trinajstić information content (AvgIpc) is 2.05. The Morgan fingerprint density at radius 1 is 1.30 bits per heavy atom. The summed E-state index contributed by atoms with van der Waals surface area (Å²) in [7, 11) is 0. The number of nitrogens with two attached hydrogens (primary N) is 1. The Hall–Kier alpha value is -0.340. The van der Waals surface area contributed by atoms with E-state index < -0.39 is 0 Å². The van der Waals surface area contributed by atoms with Gasteiger partial charge in [-0.05, 0) is 31.6 Å². The molecule has 0 aromatic carbocycles. The van der Waals surface area contributed by atoms with Crippen LogP contribution in [0.25, 0.3) is 0 Å². The first kappa shape index (κ1) is 7.76. The van der Waals surface area contributed by atoms with Gasteiger partial charge in [0.15, 0.2) is 0 Å². The molecule has 0 saturated heterocycles. The van der Waals surface area contributed by atoms with Gasteiger partial charge in [-0.3, -0.25) is 0 Å². The molecule has 1 rings (SSSR count). The van der Waals surface area contributed by atoms with Crippen molar-refractivity contribution >= 4 is 0 Å². The Morgan fingerprint density at radius 2 is 1.90 bits per heavy atom. The standard InChI is InChI=1S/C8H15NO/c1-2-7-3-5-8(10-9)6-4-7/h2,7-8H,1,3-6,9H2. The minimum absolute atomic E-state index is 0.302. The lowest BCUT2D eigenvalue weighted by Gasteiger charge is -2.24. The molecule has 58 valence electrons. The smallest absolute Gasteiger partial charge is 0.0787 e. The zero-order valence-corrected chi connectivity index (χ0v) is 6.25. The zero-order chi connectivity index (χ0) is 7.40. The molecule has 2 nitrogen and oxygen atoms in total. The number of hydrogen-bond acceptors (Lipinski definition) is 2. The van der Waals surface area contributed by atoms with Gasteiger partial charge in [0.25, 0.3) is 0 Å². The van der Waals surface area contributed by atoms with E-state index in [-0.39, 0.29) is 0 Å². The van der Waals surface area contributed by atoms with Gasteiger partial charge in [0.1, 0.15) is 0 Å². The summed E-state index contributed by atoms with van der Waals surface area (Å²) in [6.07, 6.45) is 6.89. The maximum Gasteiger partial charge on any atom is 0.0787 e. The molecule has 1 aliphatic rings. The average molecular weight is 141 g/mol. The number of rotatable bonds is 2. The largest absolute Gasteiger partial charge is 0.301 e. The summed E-state index contributed by atoms with van der Waals surface area (Å²) < 4.78 is 0. The second kappa shape index (κ2) is 3.74. The molecule has 0 spiro atoms. The number of allylic oxidation sites excluding steroid dienone is 1. The van der Waals surface area contributed by atoms with Crippen molar-refractivity contribution < 1.29 is 4.84 Å². The minimum atomic E-state index is 0.302. The van der Waals surface area contributed by atoms with Gasteiger partial charge in [0.05, 0.1) is 6.10 Å². The van der Waals surface area contributed by atoms with Crippen LogP contribution in [0.5, 0.6) is 0 Å². The summed E-state index contributed by atoms with van der Waals surface area (Å²) in [5.74, 6) is 5.76. The maximum atomic E-state index is 5.06. The molecular formula is C8H15NO. The first-order valence-electron chi connectivity index (χ1n) is 3.85. The van der Waals surface area contributed by atoms with Crippen LogP contribution in [-0.4, -0.2) is 6.10 Å². The van der Waals surface area contributed by atoms with Crippen molar-refractivity contribution in [1.29, 1.82) is 0 Å². The lowest BCUT2D eigenvalue weighted by Crippen LogP contribution is -2.23. The van der Waals surface area contributed by atoms with Crippen LogP contribution in [0.15, 0.2) is 12.7 Å². The second-order valence-corrected chi connectivity index (χ2v) is 2.91. The van der Waals surface area contributed by atoms with Crippen LogP contribution in [-0.2, 0) is 4.84 Å². The van der Waals surface area contributed by atoms with Crippen molar-refractivity contribution in [3.05, 3.63) is 12.7 Å². The molecule has 1 saturated carbocycles. The molecule has 0 heterocycles. The molecule has 1 aliphatic carbocycles. The summed E-state index contributed by atoms with van der Waals surface area (Å²) in [6.45, 7) is 3.76. The van der Waals surface area contributed by atoms with E-state index in [1.165, 1.54) is 12.8 Å². The first-order valence-corrected chi connectivity index (χ1v) is 3.85. The summed E-state index contributed by atoms with van der Waals surface area (Å²) in [6, 6.07) is 0. The molecule has 0 bridgehead atoms. The van der Waals surface area contributed by atoms with Gasteiger partial charge in [0, 0.05) is 0 Å². The Balaban J connectivity index is 2.23. The Kier molecular flexibility index (Phi) is 2.90. The predicted octanol–water partition coefficient (Wildman–Crippen LogP) is 1.62. The van der Waals surface area contributed by atoms with Crippen LogP contribution in [0.4, 0.5) is 0 Å². The topological polar surface area (TPSA) is 35.2 Å². The van der Waals surface area contributed by atoms with Gasteiger partial charge in [-0.25, -0.2) is 5.90 Å². The molecule has 2 heteroatoms. The molecule has 1 fully saturated rings. The van der Waals surface area contributed by atoms with Crippen molar-refractivity contribution in [2.45, 2.75) is 31.8 Å². The monoisotopic (exact) mass is 141 g/mol. The molecule has 0 unspecified atom stereocenters. The highest BCUT2D eigenvalue weighted by Gasteiger charge is 2.18. The van der Waals surface area contributed by atoms with Crippen LogP contribution in [0, 0.1) is 5.92 Å². The van der Waals surface area contributed by atoms with Gasteiger partial charge in [0.2, 0.25) is 0 Å². The quantitative estimate of drug-likeness (QED) is 0.468. The maximum absolute atomic E-state index is 5.06. The van der Waals surface area contributed by atoms with E-state index in [1.807, 2.05) is 6.08 Å². The lowest BCUT2D eigenvalue weighted by molar-refractivity contribution is 0.0216. The zero-order valence-electron chi connectivity index (χ0n) is 6.25. The van der Waals surface area contributed by atoms with Gasteiger partial charge in [-0.2, -0.15) is 0 Å². The van der Waals surface area contributed by atoms with Crippen molar-refractivity contribution in [1.82, 2.24) is 0 Å². The Labute approximate surface area is 62.0 Å². The normalized spacial score (nSPS) is 33.7. The van der Waals surface area contributed by atoms with E-state index in [4.69, 9.17) is 10.7 Å².